The van der Waals surface area contributed by atoms with Crippen LogP contribution in [0.4, 0.5) is 0 Å². The third-order valence-electron chi connectivity index (χ3n) is 5.15. The van der Waals surface area contributed by atoms with Gasteiger partial charge in [-0.3, -0.25) is 4.79 Å². The Morgan fingerprint density at radius 1 is 1.10 bits per heavy atom. The molecule has 1 fully saturated rings. The molecule has 1 aliphatic rings. The summed E-state index contributed by atoms with van der Waals surface area (Å²) in [5.74, 6) is -0.223. The molecule has 0 aromatic heterocycles. The summed E-state index contributed by atoms with van der Waals surface area (Å²) in [7, 11) is -3.49. The second kappa shape index (κ2) is 9.57. The van der Waals surface area contributed by atoms with Crippen LogP contribution in [0.5, 0.6) is 0 Å². The molecule has 0 aliphatic carbocycles. The van der Waals surface area contributed by atoms with Gasteiger partial charge in [0.25, 0.3) is 0 Å². The first kappa shape index (κ1) is 21.6. The maximum Gasteiger partial charge on any atom is 0.236 e. The van der Waals surface area contributed by atoms with E-state index in [4.69, 9.17) is 11.6 Å². The number of benzene rings is 2. The van der Waals surface area contributed by atoms with E-state index in [9.17, 15) is 13.2 Å². The van der Waals surface area contributed by atoms with Gasteiger partial charge in [0.1, 0.15) is 0 Å². The van der Waals surface area contributed by atoms with Crippen LogP contribution in [0.1, 0.15) is 36.9 Å². The molecular formula is C22H25ClN2O3S. The Morgan fingerprint density at radius 3 is 2.34 bits per heavy atom. The Hall–Kier alpha value is -2.15. The van der Waals surface area contributed by atoms with E-state index in [0.717, 1.165) is 11.1 Å². The highest BCUT2D eigenvalue weighted by molar-refractivity contribution is 7.92. The average Bonchev–Trinajstić information content (AvgIpc) is 2.73. The Bertz CT molecular complexity index is 951. The van der Waals surface area contributed by atoms with Gasteiger partial charge < -0.3 is 5.32 Å². The molecule has 0 radical (unpaired) electrons. The van der Waals surface area contributed by atoms with Crippen molar-refractivity contribution in [3.8, 4) is 0 Å². The van der Waals surface area contributed by atoms with Crippen molar-refractivity contribution in [3.05, 3.63) is 76.2 Å². The monoisotopic (exact) mass is 432 g/mol. The normalized spacial score (nSPS) is 17.3. The number of carbonyl (C=O) groups is 1. The van der Waals surface area contributed by atoms with Crippen molar-refractivity contribution in [2.75, 3.05) is 13.1 Å². The van der Waals surface area contributed by atoms with Crippen molar-refractivity contribution in [2.45, 2.75) is 25.8 Å². The van der Waals surface area contributed by atoms with Crippen LogP contribution in [0.25, 0.3) is 6.08 Å². The molecule has 2 aromatic rings. The predicted octanol–water partition coefficient (Wildman–Crippen LogP) is 4.23. The van der Waals surface area contributed by atoms with E-state index in [2.05, 4.69) is 5.32 Å². The van der Waals surface area contributed by atoms with Crippen LogP contribution in [0.3, 0.4) is 0 Å². The number of hydrogen-bond donors (Lipinski definition) is 1. The lowest BCUT2D eigenvalue weighted by molar-refractivity contribution is -0.126. The highest BCUT2D eigenvalue weighted by Gasteiger charge is 2.30. The maximum atomic E-state index is 12.6. The molecule has 1 heterocycles. The minimum Gasteiger partial charge on any atom is -0.349 e. The minimum atomic E-state index is -3.49. The van der Waals surface area contributed by atoms with Gasteiger partial charge in [-0.2, -0.15) is 4.31 Å². The van der Waals surface area contributed by atoms with Crippen molar-refractivity contribution in [3.63, 3.8) is 0 Å². The average molecular weight is 433 g/mol. The lowest BCUT2D eigenvalue weighted by Crippen LogP contribution is -2.42. The molecule has 1 aliphatic heterocycles. The van der Waals surface area contributed by atoms with Gasteiger partial charge in [-0.05, 0) is 49.1 Å². The highest BCUT2D eigenvalue weighted by atomic mass is 35.5. The lowest BCUT2D eigenvalue weighted by Gasteiger charge is -2.30. The van der Waals surface area contributed by atoms with Crippen LogP contribution in [-0.2, 0) is 14.8 Å². The fraction of sp³-hybridized carbons (Fsp3) is 0.318. The number of nitrogens with one attached hydrogen (secondary N) is 1. The van der Waals surface area contributed by atoms with E-state index < -0.39 is 10.0 Å². The van der Waals surface area contributed by atoms with E-state index in [-0.39, 0.29) is 17.9 Å². The molecule has 3 rings (SSSR count). The number of halogens is 1. The zero-order chi connectivity index (χ0) is 20.9. The molecule has 1 unspecified atom stereocenters. The summed E-state index contributed by atoms with van der Waals surface area (Å²) >= 11 is 5.91. The first-order valence-corrected chi connectivity index (χ1v) is 11.5. The van der Waals surface area contributed by atoms with Crippen LogP contribution in [-0.4, -0.2) is 31.7 Å². The lowest BCUT2D eigenvalue weighted by atomic mass is 9.96. The summed E-state index contributed by atoms with van der Waals surface area (Å²) < 4.78 is 26.6. The van der Waals surface area contributed by atoms with Crippen molar-refractivity contribution < 1.29 is 13.2 Å². The number of piperidine rings is 1. The summed E-state index contributed by atoms with van der Waals surface area (Å²) in [4.78, 5) is 12.6. The zero-order valence-corrected chi connectivity index (χ0v) is 17.9. The predicted molar refractivity (Wildman–Crippen MR) is 117 cm³/mol. The topological polar surface area (TPSA) is 66.5 Å². The Labute approximate surface area is 177 Å². The quantitative estimate of drug-likeness (QED) is 0.742. The molecule has 29 heavy (non-hydrogen) atoms. The summed E-state index contributed by atoms with van der Waals surface area (Å²) in [6.07, 6.45) is 2.62. The number of sulfonamides is 1. The van der Waals surface area contributed by atoms with E-state index in [1.54, 1.807) is 18.2 Å². The van der Waals surface area contributed by atoms with Gasteiger partial charge in [0.2, 0.25) is 15.9 Å². The van der Waals surface area contributed by atoms with Crippen molar-refractivity contribution in [2.24, 2.45) is 5.92 Å². The molecule has 0 bridgehead atoms. The van der Waals surface area contributed by atoms with E-state index in [1.165, 1.54) is 9.71 Å². The zero-order valence-electron chi connectivity index (χ0n) is 16.3. The van der Waals surface area contributed by atoms with E-state index >= 15 is 0 Å². The Balaban J connectivity index is 1.53. The van der Waals surface area contributed by atoms with Gasteiger partial charge in [0.05, 0.1) is 6.04 Å². The van der Waals surface area contributed by atoms with Crippen LogP contribution in [0.15, 0.2) is 60.0 Å². The summed E-state index contributed by atoms with van der Waals surface area (Å²) in [5.41, 5.74) is 1.82. The number of nitrogens with zero attached hydrogens (tertiary/aromatic N) is 1. The first-order valence-electron chi connectivity index (χ1n) is 9.64. The van der Waals surface area contributed by atoms with Gasteiger partial charge >= 0.3 is 0 Å². The molecule has 1 atom stereocenters. The van der Waals surface area contributed by atoms with Crippen LogP contribution >= 0.6 is 11.6 Å². The standard InChI is InChI=1S/C22H25ClN2O3S/c1-17(19-7-9-21(23)10-8-19)24-22(26)20-11-14-25(15-12-20)29(27,28)16-13-18-5-3-2-4-6-18/h2-10,13,16-17,20H,11-12,14-15H2,1H3,(H,24,26). The molecular weight excluding hydrogens is 408 g/mol. The van der Waals surface area contributed by atoms with Crippen LogP contribution in [0.2, 0.25) is 5.02 Å². The van der Waals surface area contributed by atoms with Gasteiger partial charge in [0.15, 0.2) is 0 Å². The second-order valence-electron chi connectivity index (χ2n) is 7.21. The number of amides is 1. The van der Waals surface area contributed by atoms with Crippen LogP contribution in [0, 0.1) is 5.92 Å². The molecule has 0 saturated carbocycles. The highest BCUT2D eigenvalue weighted by Crippen LogP contribution is 2.23. The summed E-state index contributed by atoms with van der Waals surface area (Å²) in [6.45, 7) is 2.61. The summed E-state index contributed by atoms with van der Waals surface area (Å²) in [5, 5.41) is 4.92. The Morgan fingerprint density at radius 2 is 1.72 bits per heavy atom. The fourth-order valence-corrected chi connectivity index (χ4v) is 4.70. The number of carbonyl (C=O) groups excluding carboxylic acids is 1. The molecule has 7 heteroatoms. The molecule has 0 spiro atoms. The minimum absolute atomic E-state index is 0.0377. The maximum absolute atomic E-state index is 12.6. The number of rotatable bonds is 6. The third kappa shape index (κ3) is 5.92. The van der Waals surface area contributed by atoms with Gasteiger partial charge in [-0.15, -0.1) is 0 Å². The largest absolute Gasteiger partial charge is 0.349 e. The first-order chi connectivity index (χ1) is 13.8. The SMILES string of the molecule is CC(NC(=O)C1CCN(S(=O)(=O)C=Cc2ccccc2)CC1)c1ccc(Cl)cc1. The second-order valence-corrected chi connectivity index (χ2v) is 9.47. The van der Waals surface area contributed by atoms with Crippen molar-refractivity contribution >= 4 is 33.6 Å². The molecule has 2 aromatic carbocycles. The Kier molecular flexibility index (Phi) is 7.11. The van der Waals surface area contributed by atoms with Gasteiger partial charge in [0, 0.05) is 29.4 Å². The molecule has 1 N–H and O–H groups in total. The molecule has 1 amide bonds. The molecule has 5 nitrogen and oxygen atoms in total. The summed E-state index contributed by atoms with van der Waals surface area (Å²) in [6, 6.07) is 16.6. The number of hydrogen-bond acceptors (Lipinski definition) is 3. The smallest absolute Gasteiger partial charge is 0.236 e. The van der Waals surface area contributed by atoms with Gasteiger partial charge in [-0.1, -0.05) is 54.1 Å². The van der Waals surface area contributed by atoms with Crippen molar-refractivity contribution in [1.29, 1.82) is 0 Å². The van der Waals surface area contributed by atoms with Gasteiger partial charge in [-0.25, -0.2) is 8.42 Å². The fourth-order valence-electron chi connectivity index (χ4n) is 3.35. The molecule has 1 saturated heterocycles. The van der Waals surface area contributed by atoms with Crippen molar-refractivity contribution in [1.82, 2.24) is 9.62 Å². The van der Waals surface area contributed by atoms with Crippen LogP contribution < -0.4 is 5.32 Å². The van der Waals surface area contributed by atoms with E-state index in [0.29, 0.717) is 31.0 Å². The third-order valence-corrected chi connectivity index (χ3v) is 6.96. The van der Waals surface area contributed by atoms with E-state index in [1.807, 2.05) is 49.4 Å². The molecule has 154 valence electrons.